The van der Waals surface area contributed by atoms with Crippen molar-refractivity contribution in [3.8, 4) is 16.9 Å². The molecule has 6 rings (SSSR count). The first-order valence-electron chi connectivity index (χ1n) is 12.0. The first-order chi connectivity index (χ1) is 17.1. The summed E-state index contributed by atoms with van der Waals surface area (Å²) in [5.74, 6) is 0.473. The van der Waals surface area contributed by atoms with E-state index in [1.54, 1.807) is 0 Å². The topological polar surface area (TPSA) is 65.0 Å². The summed E-state index contributed by atoms with van der Waals surface area (Å²) >= 11 is 0. The monoisotopic (exact) mass is 466 g/mol. The summed E-state index contributed by atoms with van der Waals surface area (Å²) in [5.41, 5.74) is 4.67. The van der Waals surface area contributed by atoms with E-state index in [0.717, 1.165) is 44.3 Å². The van der Waals surface area contributed by atoms with Crippen LogP contribution in [0.15, 0.2) is 78.9 Å². The maximum Gasteiger partial charge on any atom is 0.338 e. The Labute approximate surface area is 203 Å². The van der Waals surface area contributed by atoms with E-state index in [1.165, 1.54) is 0 Å². The minimum atomic E-state index is -0.846. The summed E-state index contributed by atoms with van der Waals surface area (Å²) in [6.45, 7) is 1.80. The second kappa shape index (κ2) is 8.84. The number of cyclic esters (lactones) is 1. The fourth-order valence-electron chi connectivity index (χ4n) is 5.10. The number of hydrogen-bond acceptors (Lipinski definition) is 5. The van der Waals surface area contributed by atoms with E-state index in [1.807, 2.05) is 66.7 Å². The zero-order valence-electron chi connectivity index (χ0n) is 19.3. The van der Waals surface area contributed by atoms with Gasteiger partial charge in [0.2, 0.25) is 0 Å². The average molecular weight is 467 g/mol. The molecule has 0 aliphatic carbocycles. The number of hydrogen-bond donors (Lipinski definition) is 1. The smallest absolute Gasteiger partial charge is 0.338 e. The third-order valence-corrected chi connectivity index (χ3v) is 7.04. The molecule has 0 unspecified atom stereocenters. The molecular weight excluding hydrogens is 440 g/mol. The van der Waals surface area contributed by atoms with E-state index >= 15 is 0 Å². The molecule has 0 radical (unpaired) electrons. The van der Waals surface area contributed by atoms with Crippen LogP contribution in [-0.4, -0.2) is 24.3 Å². The molecule has 0 saturated carbocycles. The number of esters is 1. The fourth-order valence-corrected chi connectivity index (χ4v) is 5.10. The number of benzene rings is 4. The Bertz CT molecular complexity index is 1400. The third-order valence-electron chi connectivity index (χ3n) is 7.04. The summed E-state index contributed by atoms with van der Waals surface area (Å²) in [4.78, 5) is 12.3. The van der Waals surface area contributed by atoms with E-state index in [9.17, 15) is 9.90 Å². The van der Waals surface area contributed by atoms with Gasteiger partial charge in [-0.3, -0.25) is 0 Å². The number of carbonyl (C=O) groups is 1. The van der Waals surface area contributed by atoms with Crippen LogP contribution in [0.4, 0.5) is 0 Å². The van der Waals surface area contributed by atoms with Crippen LogP contribution in [0, 0.1) is 0 Å². The van der Waals surface area contributed by atoms with E-state index in [2.05, 4.69) is 12.1 Å². The van der Waals surface area contributed by atoms with Crippen molar-refractivity contribution in [2.24, 2.45) is 0 Å². The molecule has 35 heavy (non-hydrogen) atoms. The van der Waals surface area contributed by atoms with Crippen molar-refractivity contribution in [1.82, 2.24) is 0 Å². The maximum absolute atomic E-state index is 12.3. The van der Waals surface area contributed by atoms with Crippen LogP contribution in [0.5, 0.6) is 5.75 Å². The van der Waals surface area contributed by atoms with Crippen LogP contribution in [0.25, 0.3) is 21.9 Å². The highest BCUT2D eigenvalue weighted by molar-refractivity contribution is 6.07. The molecule has 1 saturated heterocycles. The van der Waals surface area contributed by atoms with Gasteiger partial charge in [0.05, 0.1) is 11.2 Å². The average Bonchev–Trinajstić information content (AvgIpc) is 3.27. The fraction of sp³-hybridized carbons (Fsp3) is 0.233. The Morgan fingerprint density at radius 3 is 2.57 bits per heavy atom. The predicted molar refractivity (Wildman–Crippen MR) is 133 cm³/mol. The van der Waals surface area contributed by atoms with Gasteiger partial charge in [-0.25, -0.2) is 4.79 Å². The Balaban J connectivity index is 1.33. The number of rotatable bonds is 5. The van der Waals surface area contributed by atoms with Crippen molar-refractivity contribution in [1.29, 1.82) is 0 Å². The van der Waals surface area contributed by atoms with Crippen LogP contribution in [0.3, 0.4) is 0 Å². The first-order valence-corrected chi connectivity index (χ1v) is 12.0. The van der Waals surface area contributed by atoms with E-state index in [-0.39, 0.29) is 12.6 Å². The molecule has 0 amide bonds. The lowest BCUT2D eigenvalue weighted by Crippen LogP contribution is -2.33. The van der Waals surface area contributed by atoms with Crippen molar-refractivity contribution in [2.45, 2.75) is 31.7 Å². The second-order valence-electron chi connectivity index (χ2n) is 9.24. The largest absolute Gasteiger partial charge is 0.489 e. The molecule has 2 aliphatic heterocycles. The van der Waals surface area contributed by atoms with Gasteiger partial charge in [-0.1, -0.05) is 54.6 Å². The summed E-state index contributed by atoms with van der Waals surface area (Å²) < 4.78 is 17.0. The van der Waals surface area contributed by atoms with Gasteiger partial charge in [0, 0.05) is 31.6 Å². The van der Waals surface area contributed by atoms with Crippen molar-refractivity contribution in [3.05, 3.63) is 101 Å². The zero-order chi connectivity index (χ0) is 23.8. The van der Waals surface area contributed by atoms with Crippen molar-refractivity contribution < 1.29 is 24.1 Å². The Kier molecular flexibility index (Phi) is 5.51. The number of aliphatic hydroxyl groups is 1. The first kappa shape index (κ1) is 21.8. The van der Waals surface area contributed by atoms with Crippen LogP contribution >= 0.6 is 0 Å². The predicted octanol–water partition coefficient (Wildman–Crippen LogP) is 5.75. The second-order valence-corrected chi connectivity index (χ2v) is 9.24. The molecule has 176 valence electrons. The van der Waals surface area contributed by atoms with Gasteiger partial charge in [0.25, 0.3) is 0 Å². The number of ether oxygens (including phenoxy) is 3. The maximum atomic E-state index is 12.3. The van der Waals surface area contributed by atoms with Gasteiger partial charge in [0.15, 0.2) is 0 Å². The SMILES string of the molecule is O=C1OCc2c1cc1ccc(OCc3cccc(C4(O)CCOCC4)c3)cc1c2-c1ccccc1. The lowest BCUT2D eigenvalue weighted by Gasteiger charge is -2.32. The van der Waals surface area contributed by atoms with Gasteiger partial charge in [-0.05, 0) is 57.3 Å². The highest BCUT2D eigenvalue weighted by Crippen LogP contribution is 2.39. The molecule has 1 N–H and O–H groups in total. The minimum Gasteiger partial charge on any atom is -0.489 e. The molecule has 2 aliphatic rings. The van der Waals surface area contributed by atoms with Gasteiger partial charge >= 0.3 is 5.97 Å². The lowest BCUT2D eigenvalue weighted by molar-refractivity contribution is -0.0679. The van der Waals surface area contributed by atoms with Crippen molar-refractivity contribution in [3.63, 3.8) is 0 Å². The quantitative estimate of drug-likeness (QED) is 0.379. The molecule has 5 heteroatoms. The van der Waals surface area contributed by atoms with Crippen molar-refractivity contribution >= 4 is 16.7 Å². The molecule has 0 bridgehead atoms. The minimum absolute atomic E-state index is 0.273. The van der Waals surface area contributed by atoms with Gasteiger partial charge in [0.1, 0.15) is 19.0 Å². The Morgan fingerprint density at radius 2 is 1.74 bits per heavy atom. The number of carbonyl (C=O) groups excluding carboxylic acids is 1. The number of fused-ring (bicyclic) bond motifs is 2. The summed E-state index contributed by atoms with van der Waals surface area (Å²) in [6.07, 6.45) is 1.20. The highest BCUT2D eigenvalue weighted by atomic mass is 16.5. The molecule has 0 atom stereocenters. The van der Waals surface area contributed by atoms with E-state index < -0.39 is 5.60 Å². The molecule has 5 nitrogen and oxygen atoms in total. The third kappa shape index (κ3) is 4.07. The molecule has 0 aromatic heterocycles. The molecular formula is C30H26O5. The van der Waals surface area contributed by atoms with E-state index in [4.69, 9.17) is 14.2 Å². The van der Waals surface area contributed by atoms with Gasteiger partial charge in [-0.2, -0.15) is 0 Å². The van der Waals surface area contributed by atoms with Gasteiger partial charge < -0.3 is 19.3 Å². The molecule has 1 fully saturated rings. The standard InChI is InChI=1S/C30H26O5/c31-29-26-16-22-9-10-24(17-25(22)28(27(26)19-35-29)21-6-2-1-3-7-21)34-18-20-5-4-8-23(15-20)30(32)11-13-33-14-12-30/h1-10,15-17,32H,11-14,18-19H2. The molecule has 0 spiro atoms. The zero-order valence-corrected chi connectivity index (χ0v) is 19.3. The molecule has 4 aromatic carbocycles. The normalized spacial score (nSPS) is 16.7. The Hall–Kier alpha value is -3.67. The van der Waals surface area contributed by atoms with Crippen LogP contribution < -0.4 is 4.74 Å². The van der Waals surface area contributed by atoms with Crippen LogP contribution in [-0.2, 0) is 28.3 Å². The van der Waals surface area contributed by atoms with Crippen LogP contribution in [0.2, 0.25) is 0 Å². The summed E-state index contributed by atoms with van der Waals surface area (Å²) in [7, 11) is 0. The lowest BCUT2D eigenvalue weighted by atomic mass is 9.86. The Morgan fingerprint density at radius 1 is 0.914 bits per heavy atom. The van der Waals surface area contributed by atoms with Crippen LogP contribution in [0.1, 0.15) is 39.9 Å². The van der Waals surface area contributed by atoms with E-state index in [0.29, 0.717) is 38.2 Å². The molecule has 4 aromatic rings. The van der Waals surface area contributed by atoms with Crippen molar-refractivity contribution in [2.75, 3.05) is 13.2 Å². The molecule has 2 heterocycles. The highest BCUT2D eigenvalue weighted by Gasteiger charge is 2.32. The summed E-state index contributed by atoms with van der Waals surface area (Å²) in [5, 5.41) is 13.0. The van der Waals surface area contributed by atoms with Gasteiger partial charge in [-0.15, -0.1) is 0 Å². The summed E-state index contributed by atoms with van der Waals surface area (Å²) in [6, 6.07) is 25.9.